The molecule has 20 heavy (non-hydrogen) atoms. The molecule has 0 saturated carbocycles. The first kappa shape index (κ1) is 12.4. The van der Waals surface area contributed by atoms with E-state index in [-0.39, 0.29) is 0 Å². The molecule has 0 bridgehead atoms. The van der Waals surface area contributed by atoms with Gasteiger partial charge in [0.05, 0.1) is 22.7 Å². The first-order chi connectivity index (χ1) is 9.78. The van der Waals surface area contributed by atoms with Crippen molar-refractivity contribution in [2.45, 2.75) is 12.8 Å². The third-order valence-corrected chi connectivity index (χ3v) is 3.46. The topological polar surface area (TPSA) is 54.5 Å². The van der Waals surface area contributed by atoms with E-state index in [2.05, 4.69) is 26.7 Å². The van der Waals surface area contributed by atoms with E-state index >= 15 is 0 Å². The van der Waals surface area contributed by atoms with E-state index in [4.69, 9.17) is 5.26 Å². The van der Waals surface area contributed by atoms with Crippen molar-refractivity contribution in [2.24, 2.45) is 7.05 Å². The molecule has 1 aromatic carbocycles. The van der Waals surface area contributed by atoms with E-state index in [1.54, 1.807) is 6.20 Å². The monoisotopic (exact) mass is 262 g/mol. The van der Waals surface area contributed by atoms with Crippen LogP contribution in [0.2, 0.25) is 0 Å². The van der Waals surface area contributed by atoms with Gasteiger partial charge in [0.1, 0.15) is 5.82 Å². The van der Waals surface area contributed by atoms with Crippen LogP contribution in [0.4, 0.5) is 0 Å². The lowest BCUT2D eigenvalue weighted by atomic mass is 10.1. The van der Waals surface area contributed by atoms with E-state index in [1.165, 1.54) is 5.56 Å². The minimum Gasteiger partial charge on any atom is -0.331 e. The second-order valence-corrected chi connectivity index (χ2v) is 4.76. The van der Waals surface area contributed by atoms with E-state index in [9.17, 15) is 0 Å². The summed E-state index contributed by atoms with van der Waals surface area (Å²) in [6.07, 6.45) is 5.44. The summed E-state index contributed by atoms with van der Waals surface area (Å²) in [4.78, 5) is 8.75. The van der Waals surface area contributed by atoms with Crippen molar-refractivity contribution in [3.8, 4) is 6.07 Å². The Kier molecular flexibility index (Phi) is 3.18. The minimum atomic E-state index is 0.648. The highest BCUT2D eigenvalue weighted by molar-refractivity contribution is 5.77. The van der Waals surface area contributed by atoms with Crippen LogP contribution in [0.25, 0.3) is 11.0 Å². The molecule has 0 amide bonds. The molecule has 3 aromatic rings. The Hall–Kier alpha value is -2.67. The molecule has 0 aliphatic rings. The molecule has 0 spiro atoms. The van der Waals surface area contributed by atoms with E-state index in [1.807, 2.05) is 37.5 Å². The van der Waals surface area contributed by atoms with Crippen LogP contribution in [0.1, 0.15) is 17.0 Å². The number of nitriles is 1. The van der Waals surface area contributed by atoms with Crippen LogP contribution in [-0.4, -0.2) is 14.5 Å². The van der Waals surface area contributed by atoms with Gasteiger partial charge in [-0.3, -0.25) is 4.98 Å². The molecule has 0 aliphatic carbocycles. The van der Waals surface area contributed by atoms with Gasteiger partial charge in [-0.1, -0.05) is 6.07 Å². The largest absolute Gasteiger partial charge is 0.331 e. The summed E-state index contributed by atoms with van der Waals surface area (Å²) in [5.41, 5.74) is 3.80. The number of hydrogen-bond acceptors (Lipinski definition) is 3. The number of aryl methyl sites for hydroxylation is 3. The minimum absolute atomic E-state index is 0.648. The van der Waals surface area contributed by atoms with Gasteiger partial charge < -0.3 is 4.57 Å². The SMILES string of the molecule is Cn1c(CCc2cccnc2)nc2cc(C#N)ccc21. The lowest BCUT2D eigenvalue weighted by molar-refractivity contribution is 0.785. The molecule has 0 aliphatic heterocycles. The smallest absolute Gasteiger partial charge is 0.109 e. The van der Waals surface area contributed by atoms with Gasteiger partial charge in [0.25, 0.3) is 0 Å². The van der Waals surface area contributed by atoms with Crippen LogP contribution in [0.15, 0.2) is 42.7 Å². The molecule has 2 heterocycles. The number of nitrogens with zero attached hydrogens (tertiary/aromatic N) is 4. The van der Waals surface area contributed by atoms with Gasteiger partial charge in [0.2, 0.25) is 0 Å². The van der Waals surface area contributed by atoms with Gasteiger partial charge in [-0.15, -0.1) is 0 Å². The summed E-state index contributed by atoms with van der Waals surface area (Å²) < 4.78 is 2.09. The summed E-state index contributed by atoms with van der Waals surface area (Å²) in [6.45, 7) is 0. The Balaban J connectivity index is 1.89. The zero-order valence-electron chi connectivity index (χ0n) is 11.2. The van der Waals surface area contributed by atoms with Crippen LogP contribution in [0, 0.1) is 11.3 Å². The lowest BCUT2D eigenvalue weighted by Gasteiger charge is -2.02. The van der Waals surface area contributed by atoms with Gasteiger partial charge >= 0.3 is 0 Å². The molecular formula is C16H14N4. The van der Waals surface area contributed by atoms with E-state index < -0.39 is 0 Å². The first-order valence-electron chi connectivity index (χ1n) is 6.52. The van der Waals surface area contributed by atoms with Crippen LogP contribution in [0.3, 0.4) is 0 Å². The molecule has 0 fully saturated rings. The third kappa shape index (κ3) is 2.26. The van der Waals surface area contributed by atoms with Crippen molar-refractivity contribution in [1.29, 1.82) is 5.26 Å². The maximum Gasteiger partial charge on any atom is 0.109 e. The second-order valence-electron chi connectivity index (χ2n) is 4.76. The predicted octanol–water partition coefficient (Wildman–Crippen LogP) is 2.63. The van der Waals surface area contributed by atoms with Crippen LogP contribution in [0.5, 0.6) is 0 Å². The Morgan fingerprint density at radius 1 is 1.25 bits per heavy atom. The van der Waals surface area contributed by atoms with Crippen molar-refractivity contribution >= 4 is 11.0 Å². The van der Waals surface area contributed by atoms with Gasteiger partial charge in [0.15, 0.2) is 0 Å². The Bertz CT molecular complexity index is 781. The zero-order chi connectivity index (χ0) is 13.9. The average molecular weight is 262 g/mol. The average Bonchev–Trinajstić information content (AvgIpc) is 2.82. The molecule has 3 rings (SSSR count). The van der Waals surface area contributed by atoms with Crippen molar-refractivity contribution in [2.75, 3.05) is 0 Å². The Morgan fingerprint density at radius 2 is 2.15 bits per heavy atom. The zero-order valence-corrected chi connectivity index (χ0v) is 11.2. The van der Waals surface area contributed by atoms with Crippen molar-refractivity contribution < 1.29 is 0 Å². The molecule has 0 unspecified atom stereocenters. The molecule has 2 aromatic heterocycles. The highest BCUT2D eigenvalue weighted by Gasteiger charge is 2.08. The van der Waals surface area contributed by atoms with Gasteiger partial charge in [-0.05, 0) is 36.2 Å². The van der Waals surface area contributed by atoms with Gasteiger partial charge in [0, 0.05) is 25.9 Å². The first-order valence-corrected chi connectivity index (χ1v) is 6.52. The fraction of sp³-hybridized carbons (Fsp3) is 0.188. The second kappa shape index (κ2) is 5.14. The van der Waals surface area contributed by atoms with E-state index in [0.717, 1.165) is 29.7 Å². The predicted molar refractivity (Wildman–Crippen MR) is 77.1 cm³/mol. The molecule has 0 saturated heterocycles. The maximum absolute atomic E-state index is 8.93. The summed E-state index contributed by atoms with van der Waals surface area (Å²) in [5.74, 6) is 1.03. The van der Waals surface area contributed by atoms with Crippen molar-refractivity contribution in [3.63, 3.8) is 0 Å². The van der Waals surface area contributed by atoms with Crippen LogP contribution < -0.4 is 0 Å². The summed E-state index contributed by atoms with van der Waals surface area (Å²) in [7, 11) is 2.01. The molecule has 0 radical (unpaired) electrons. The van der Waals surface area contributed by atoms with Crippen molar-refractivity contribution in [1.82, 2.24) is 14.5 Å². The van der Waals surface area contributed by atoms with Gasteiger partial charge in [-0.2, -0.15) is 5.26 Å². The highest BCUT2D eigenvalue weighted by Crippen LogP contribution is 2.17. The fourth-order valence-electron chi connectivity index (χ4n) is 2.34. The summed E-state index contributed by atoms with van der Waals surface area (Å²) >= 11 is 0. The number of benzene rings is 1. The highest BCUT2D eigenvalue weighted by atomic mass is 15.1. The number of hydrogen-bond donors (Lipinski definition) is 0. The molecule has 4 heteroatoms. The Labute approximate surface area is 117 Å². The quantitative estimate of drug-likeness (QED) is 0.729. The normalized spacial score (nSPS) is 10.6. The molecule has 0 N–H and O–H groups in total. The Morgan fingerprint density at radius 3 is 2.90 bits per heavy atom. The summed E-state index contributed by atoms with van der Waals surface area (Å²) in [6, 6.07) is 11.8. The number of aromatic nitrogens is 3. The maximum atomic E-state index is 8.93. The molecule has 98 valence electrons. The number of fused-ring (bicyclic) bond motifs is 1. The van der Waals surface area contributed by atoms with E-state index in [0.29, 0.717) is 5.56 Å². The van der Waals surface area contributed by atoms with Gasteiger partial charge in [-0.25, -0.2) is 4.98 Å². The van der Waals surface area contributed by atoms with Crippen LogP contribution in [-0.2, 0) is 19.9 Å². The lowest BCUT2D eigenvalue weighted by Crippen LogP contribution is -2.00. The van der Waals surface area contributed by atoms with Crippen molar-refractivity contribution in [3.05, 3.63) is 59.7 Å². The van der Waals surface area contributed by atoms with Crippen LogP contribution >= 0.6 is 0 Å². The molecular weight excluding hydrogens is 248 g/mol. The standard InChI is InChI=1S/C16H14N4/c1-20-15-6-4-13(10-17)9-14(15)19-16(20)7-5-12-3-2-8-18-11-12/h2-4,6,8-9,11H,5,7H2,1H3. The fourth-order valence-corrected chi connectivity index (χ4v) is 2.34. The number of rotatable bonds is 3. The summed E-state index contributed by atoms with van der Waals surface area (Å²) in [5, 5.41) is 8.93. The third-order valence-electron chi connectivity index (χ3n) is 3.46. The molecule has 4 nitrogen and oxygen atoms in total. The molecule has 0 atom stereocenters. The number of pyridine rings is 1. The number of imidazole rings is 1.